The molecule has 3 aromatic rings. The van der Waals surface area contributed by atoms with Crippen molar-refractivity contribution < 1.29 is 22.8 Å². The van der Waals surface area contributed by atoms with Crippen LogP contribution in [0.4, 0.5) is 13.2 Å². The molecule has 8 nitrogen and oxygen atoms in total. The minimum atomic E-state index is -4.71. The van der Waals surface area contributed by atoms with Gasteiger partial charge in [-0.3, -0.25) is 19.1 Å². The highest BCUT2D eigenvalue weighted by Crippen LogP contribution is 2.37. The lowest BCUT2D eigenvalue weighted by molar-refractivity contribution is -0.137. The first kappa shape index (κ1) is 28.9. The molecule has 0 fully saturated rings. The summed E-state index contributed by atoms with van der Waals surface area (Å²) < 4.78 is 43.7. The molecular formula is C29H31ClF3N5O3. The molecule has 0 spiro atoms. The third-order valence-electron chi connectivity index (χ3n) is 8.04. The number of benzene rings is 1. The summed E-state index contributed by atoms with van der Waals surface area (Å²) in [6, 6.07) is 5.59. The lowest BCUT2D eigenvalue weighted by atomic mass is 9.96. The standard InChI is InChI=1S/C29H31ClF3N5O3/c1-15(2)35-9-8-19(12-25(35)39)18(5)37-13-17(4)38-26(28(37)41)21-14-36(16(3)10-24(21)34-38)27(40)20-6-7-23(30)22(11-20)29(31,32)33/h6-9,11-12,15-18H,10,13-14H2,1-5H3/t16-,17-,18?/m1/s1. The minimum absolute atomic E-state index is 0.00495. The average molecular weight is 590 g/mol. The molecule has 0 radical (unpaired) electrons. The average Bonchev–Trinajstić information content (AvgIpc) is 3.28. The molecule has 2 aromatic heterocycles. The Hall–Kier alpha value is -3.60. The fraction of sp³-hybridized carbons (Fsp3) is 0.448. The van der Waals surface area contributed by atoms with Crippen LogP contribution in [0.5, 0.6) is 0 Å². The van der Waals surface area contributed by atoms with Crippen LogP contribution >= 0.6 is 11.6 Å². The molecule has 2 aliphatic heterocycles. The van der Waals surface area contributed by atoms with E-state index in [0.717, 1.165) is 12.1 Å². The van der Waals surface area contributed by atoms with E-state index in [1.54, 1.807) is 33.3 Å². The van der Waals surface area contributed by atoms with Crippen molar-refractivity contribution in [2.24, 2.45) is 0 Å². The highest BCUT2D eigenvalue weighted by atomic mass is 35.5. The van der Waals surface area contributed by atoms with Crippen LogP contribution in [-0.4, -0.2) is 48.5 Å². The van der Waals surface area contributed by atoms with E-state index in [9.17, 15) is 27.6 Å². The van der Waals surface area contributed by atoms with Crippen LogP contribution in [0.25, 0.3) is 0 Å². The number of hydrogen-bond donors (Lipinski definition) is 0. The minimum Gasteiger partial charge on any atom is -0.331 e. The molecule has 3 atom stereocenters. The number of hydrogen-bond acceptors (Lipinski definition) is 4. The second kappa shape index (κ2) is 10.3. The predicted molar refractivity (Wildman–Crippen MR) is 147 cm³/mol. The van der Waals surface area contributed by atoms with Gasteiger partial charge in [0.2, 0.25) is 0 Å². The second-order valence-corrected chi connectivity index (χ2v) is 11.6. The number of fused-ring (bicyclic) bond motifs is 3. The third kappa shape index (κ3) is 5.05. The van der Waals surface area contributed by atoms with E-state index in [0.29, 0.717) is 35.5 Å². The molecule has 218 valence electrons. The number of aromatic nitrogens is 3. The summed E-state index contributed by atoms with van der Waals surface area (Å²) in [7, 11) is 0. The van der Waals surface area contributed by atoms with Gasteiger partial charge in [0.15, 0.2) is 0 Å². The SMILES string of the molecule is CC(c1ccn(C(C)C)c(=O)c1)N1C[C@@H](C)n2nc3c(c2C1=O)CN(C(=O)c1ccc(Cl)c(C(F)(F)F)c1)[C@H](C)C3. The summed E-state index contributed by atoms with van der Waals surface area (Å²) in [6.45, 7) is 9.86. The van der Waals surface area contributed by atoms with Crippen LogP contribution in [0.1, 0.15) is 96.0 Å². The van der Waals surface area contributed by atoms with Gasteiger partial charge in [0.1, 0.15) is 5.69 Å². The maximum Gasteiger partial charge on any atom is 0.417 e. The van der Waals surface area contributed by atoms with Crippen molar-refractivity contribution in [3.05, 3.63) is 85.5 Å². The summed E-state index contributed by atoms with van der Waals surface area (Å²) in [5.41, 5.74) is 0.990. The lowest BCUT2D eigenvalue weighted by Gasteiger charge is -2.37. The number of alkyl halides is 3. The van der Waals surface area contributed by atoms with E-state index in [4.69, 9.17) is 16.7 Å². The molecule has 2 amide bonds. The van der Waals surface area contributed by atoms with Gasteiger partial charge in [0.25, 0.3) is 17.4 Å². The topological polar surface area (TPSA) is 80.4 Å². The highest BCUT2D eigenvalue weighted by molar-refractivity contribution is 6.31. The van der Waals surface area contributed by atoms with Gasteiger partial charge in [-0.2, -0.15) is 18.3 Å². The van der Waals surface area contributed by atoms with Crippen molar-refractivity contribution in [2.45, 2.75) is 77.9 Å². The first-order chi connectivity index (χ1) is 19.2. The molecule has 0 saturated carbocycles. The third-order valence-corrected chi connectivity index (χ3v) is 8.37. The second-order valence-electron chi connectivity index (χ2n) is 11.2. The molecule has 5 rings (SSSR count). The fourth-order valence-corrected chi connectivity index (χ4v) is 5.93. The van der Waals surface area contributed by atoms with E-state index in [1.807, 2.05) is 33.8 Å². The Morgan fingerprint density at radius 2 is 1.78 bits per heavy atom. The van der Waals surface area contributed by atoms with Crippen molar-refractivity contribution in [1.82, 2.24) is 24.1 Å². The van der Waals surface area contributed by atoms with Crippen molar-refractivity contribution >= 4 is 23.4 Å². The maximum atomic E-state index is 13.9. The first-order valence-corrected chi connectivity index (χ1v) is 13.9. The lowest BCUT2D eigenvalue weighted by Crippen LogP contribution is -2.45. The summed E-state index contributed by atoms with van der Waals surface area (Å²) in [5.74, 6) is -0.859. The largest absolute Gasteiger partial charge is 0.417 e. The Morgan fingerprint density at radius 1 is 1.07 bits per heavy atom. The van der Waals surface area contributed by atoms with Gasteiger partial charge in [-0.15, -0.1) is 0 Å². The van der Waals surface area contributed by atoms with Gasteiger partial charge in [0.05, 0.1) is 34.9 Å². The number of halogens is 4. The Morgan fingerprint density at radius 3 is 2.41 bits per heavy atom. The molecule has 12 heteroatoms. The number of nitrogens with zero attached hydrogens (tertiary/aromatic N) is 5. The molecule has 4 heterocycles. The van der Waals surface area contributed by atoms with E-state index in [1.165, 1.54) is 11.0 Å². The zero-order chi connectivity index (χ0) is 30.0. The number of rotatable bonds is 4. The van der Waals surface area contributed by atoms with Crippen molar-refractivity contribution in [3.8, 4) is 0 Å². The van der Waals surface area contributed by atoms with Gasteiger partial charge >= 0.3 is 6.18 Å². The van der Waals surface area contributed by atoms with Crippen LogP contribution in [0.3, 0.4) is 0 Å². The molecule has 1 unspecified atom stereocenters. The predicted octanol–water partition coefficient (Wildman–Crippen LogP) is 5.66. The molecule has 0 N–H and O–H groups in total. The molecule has 0 saturated heterocycles. The van der Waals surface area contributed by atoms with Crippen molar-refractivity contribution in [1.29, 1.82) is 0 Å². The molecule has 2 aliphatic rings. The molecule has 41 heavy (non-hydrogen) atoms. The Balaban J connectivity index is 1.47. The summed E-state index contributed by atoms with van der Waals surface area (Å²) >= 11 is 5.76. The summed E-state index contributed by atoms with van der Waals surface area (Å²) in [5, 5.41) is 4.24. The Kier molecular flexibility index (Phi) is 7.30. The molecule has 0 bridgehead atoms. The fourth-order valence-electron chi connectivity index (χ4n) is 5.71. The van der Waals surface area contributed by atoms with Crippen molar-refractivity contribution in [2.75, 3.05) is 6.54 Å². The van der Waals surface area contributed by atoms with Gasteiger partial charge < -0.3 is 14.4 Å². The molecule has 0 aliphatic carbocycles. The summed E-state index contributed by atoms with van der Waals surface area (Å²) in [4.78, 5) is 43.2. The Labute approximate surface area is 240 Å². The maximum absolute atomic E-state index is 13.9. The van der Waals surface area contributed by atoms with E-state index in [-0.39, 0.29) is 41.7 Å². The van der Waals surface area contributed by atoms with Gasteiger partial charge in [-0.1, -0.05) is 11.6 Å². The molecular weight excluding hydrogens is 559 g/mol. The van der Waals surface area contributed by atoms with E-state index < -0.39 is 28.7 Å². The molecule has 1 aromatic carbocycles. The number of amides is 2. The number of carbonyl (C=O) groups is 2. The first-order valence-electron chi connectivity index (χ1n) is 13.5. The highest BCUT2D eigenvalue weighted by Gasteiger charge is 2.41. The van der Waals surface area contributed by atoms with Gasteiger partial charge in [-0.25, -0.2) is 0 Å². The van der Waals surface area contributed by atoms with Gasteiger partial charge in [-0.05, 0) is 64.4 Å². The summed E-state index contributed by atoms with van der Waals surface area (Å²) in [6.07, 6.45) is -2.62. The zero-order valence-corrected chi connectivity index (χ0v) is 24.1. The van der Waals surface area contributed by atoms with Gasteiger partial charge in [0, 0.05) is 48.4 Å². The number of carbonyl (C=O) groups excluding carboxylic acids is 2. The van der Waals surface area contributed by atoms with Crippen LogP contribution in [0, 0.1) is 0 Å². The van der Waals surface area contributed by atoms with E-state index in [2.05, 4.69) is 0 Å². The quantitative estimate of drug-likeness (QED) is 0.393. The van der Waals surface area contributed by atoms with Crippen LogP contribution in [0.2, 0.25) is 5.02 Å². The van der Waals surface area contributed by atoms with Crippen LogP contribution in [-0.2, 0) is 19.1 Å². The smallest absolute Gasteiger partial charge is 0.331 e. The van der Waals surface area contributed by atoms with E-state index >= 15 is 0 Å². The number of pyridine rings is 1. The van der Waals surface area contributed by atoms with Crippen LogP contribution in [0.15, 0.2) is 41.3 Å². The Bertz CT molecular complexity index is 1600. The normalized spacial score (nSPS) is 19.8. The van der Waals surface area contributed by atoms with Crippen molar-refractivity contribution in [3.63, 3.8) is 0 Å². The van der Waals surface area contributed by atoms with Crippen LogP contribution < -0.4 is 5.56 Å². The zero-order valence-electron chi connectivity index (χ0n) is 23.4. The monoisotopic (exact) mass is 589 g/mol.